The molecule has 6 nitrogen and oxygen atoms in total. The van der Waals surface area contributed by atoms with E-state index in [2.05, 4.69) is 9.97 Å². The number of rotatable bonds is 2. The summed E-state index contributed by atoms with van der Waals surface area (Å²) in [5.74, 6) is -1.06. The van der Waals surface area contributed by atoms with Crippen molar-refractivity contribution in [2.75, 3.05) is 0 Å². The van der Waals surface area contributed by atoms with Crippen molar-refractivity contribution in [2.45, 2.75) is 6.92 Å². The van der Waals surface area contributed by atoms with E-state index in [-0.39, 0.29) is 17.2 Å². The van der Waals surface area contributed by atoms with Gasteiger partial charge in [-0.05, 0) is 36.7 Å². The molecule has 0 saturated heterocycles. The van der Waals surface area contributed by atoms with Crippen LogP contribution in [0, 0.1) is 6.92 Å². The Labute approximate surface area is 117 Å². The molecule has 100 valence electrons. The van der Waals surface area contributed by atoms with Gasteiger partial charge < -0.3 is 5.11 Å². The molecule has 0 unspecified atom stereocenters. The summed E-state index contributed by atoms with van der Waals surface area (Å²) in [5.41, 5.74) is 0.126. The maximum Gasteiger partial charge on any atom is 0.354 e. The third-order valence-electron chi connectivity index (χ3n) is 2.73. The van der Waals surface area contributed by atoms with Crippen LogP contribution in [0.4, 0.5) is 0 Å². The minimum Gasteiger partial charge on any atom is -0.477 e. The summed E-state index contributed by atoms with van der Waals surface area (Å²) < 4.78 is 2.11. The van der Waals surface area contributed by atoms with Gasteiger partial charge in [-0.3, -0.25) is 4.79 Å². The molecule has 0 saturated carbocycles. The largest absolute Gasteiger partial charge is 0.477 e. The van der Waals surface area contributed by atoms with Crippen molar-refractivity contribution in [3.05, 3.63) is 52.1 Å². The van der Waals surface area contributed by atoms with Crippen molar-refractivity contribution in [3.63, 3.8) is 0 Å². The van der Waals surface area contributed by atoms with Gasteiger partial charge in [0, 0.05) is 5.69 Å². The molecule has 20 heavy (non-hydrogen) atoms. The quantitative estimate of drug-likeness (QED) is 0.777. The summed E-state index contributed by atoms with van der Waals surface area (Å²) in [6, 6.07) is 8.53. The fourth-order valence-electron chi connectivity index (χ4n) is 1.86. The van der Waals surface area contributed by atoms with Crippen LogP contribution in [0.2, 0.25) is 0 Å². The van der Waals surface area contributed by atoms with Crippen LogP contribution in [-0.4, -0.2) is 25.0 Å². The van der Waals surface area contributed by atoms with Crippen LogP contribution in [0.1, 0.15) is 16.2 Å². The summed E-state index contributed by atoms with van der Waals surface area (Å²) in [6.07, 6.45) is 0. The Hall–Kier alpha value is -2.54. The van der Waals surface area contributed by atoms with E-state index in [1.54, 1.807) is 19.1 Å². The summed E-state index contributed by atoms with van der Waals surface area (Å²) in [7, 11) is 0. The highest BCUT2D eigenvalue weighted by molar-refractivity contribution is 7.14. The molecule has 1 aromatic carbocycles. The summed E-state index contributed by atoms with van der Waals surface area (Å²) in [4.78, 5) is 31.4. The van der Waals surface area contributed by atoms with Gasteiger partial charge in [0.25, 0.3) is 5.56 Å². The Morgan fingerprint density at radius 1 is 1.30 bits per heavy atom. The third kappa shape index (κ3) is 1.97. The standard InChI is InChI=1S/C13H9N3O3S/c1-7-6-9(12(18)19)15-13(14-7)16-11(17)8-4-2-3-5-10(8)20-16/h2-6H,1H3,(H,18,19). The molecule has 0 atom stereocenters. The van der Waals surface area contributed by atoms with Gasteiger partial charge in [0.05, 0.1) is 10.1 Å². The van der Waals surface area contributed by atoms with E-state index in [1.807, 2.05) is 12.1 Å². The second-order valence-electron chi connectivity index (χ2n) is 4.19. The number of hydrogen-bond acceptors (Lipinski definition) is 5. The number of carboxylic acids is 1. The second-order valence-corrected chi connectivity index (χ2v) is 5.17. The summed E-state index contributed by atoms with van der Waals surface area (Å²) in [5, 5.41) is 9.58. The molecular formula is C13H9N3O3S. The molecule has 0 aliphatic heterocycles. The Morgan fingerprint density at radius 3 is 2.75 bits per heavy atom. The van der Waals surface area contributed by atoms with Gasteiger partial charge in [0.1, 0.15) is 0 Å². The van der Waals surface area contributed by atoms with Gasteiger partial charge in [-0.15, -0.1) is 0 Å². The van der Waals surface area contributed by atoms with E-state index >= 15 is 0 Å². The number of nitrogens with zero attached hydrogens (tertiary/aromatic N) is 3. The van der Waals surface area contributed by atoms with Crippen molar-refractivity contribution in [1.29, 1.82) is 0 Å². The van der Waals surface area contributed by atoms with Crippen molar-refractivity contribution in [2.24, 2.45) is 0 Å². The number of carbonyl (C=O) groups is 1. The zero-order chi connectivity index (χ0) is 14.3. The SMILES string of the molecule is Cc1cc(C(=O)O)nc(-n2sc3ccccc3c2=O)n1. The third-order valence-corrected chi connectivity index (χ3v) is 3.80. The van der Waals surface area contributed by atoms with Gasteiger partial charge in [0.15, 0.2) is 5.69 Å². The topological polar surface area (TPSA) is 85.1 Å². The first-order valence-electron chi connectivity index (χ1n) is 5.76. The van der Waals surface area contributed by atoms with Crippen LogP contribution >= 0.6 is 11.5 Å². The highest BCUT2D eigenvalue weighted by Crippen LogP contribution is 2.18. The van der Waals surface area contributed by atoms with Crippen molar-refractivity contribution < 1.29 is 9.90 Å². The molecule has 2 heterocycles. The Balaban J connectivity index is 2.28. The van der Waals surface area contributed by atoms with E-state index in [0.717, 1.165) is 4.70 Å². The molecule has 7 heteroatoms. The fourth-order valence-corrected chi connectivity index (χ4v) is 2.79. The van der Waals surface area contributed by atoms with Crippen molar-refractivity contribution in [3.8, 4) is 5.95 Å². The Kier molecular flexibility index (Phi) is 2.83. The van der Waals surface area contributed by atoms with Crippen LogP contribution in [0.15, 0.2) is 35.1 Å². The molecule has 1 N–H and O–H groups in total. The number of aryl methyl sites for hydroxylation is 1. The highest BCUT2D eigenvalue weighted by atomic mass is 32.1. The predicted molar refractivity (Wildman–Crippen MR) is 74.7 cm³/mol. The lowest BCUT2D eigenvalue weighted by molar-refractivity contribution is 0.0690. The first kappa shape index (κ1) is 12.5. The van der Waals surface area contributed by atoms with Crippen LogP contribution in [0.5, 0.6) is 0 Å². The first-order chi connectivity index (χ1) is 9.56. The van der Waals surface area contributed by atoms with Crippen LogP contribution in [0.3, 0.4) is 0 Å². The molecule has 0 amide bonds. The number of benzene rings is 1. The van der Waals surface area contributed by atoms with Crippen LogP contribution in [0.25, 0.3) is 16.0 Å². The van der Waals surface area contributed by atoms with Gasteiger partial charge >= 0.3 is 5.97 Å². The molecular weight excluding hydrogens is 278 g/mol. The molecule has 0 aliphatic carbocycles. The minimum atomic E-state index is -1.15. The van der Waals surface area contributed by atoms with Gasteiger partial charge in [0.2, 0.25) is 5.95 Å². The summed E-state index contributed by atoms with van der Waals surface area (Å²) in [6.45, 7) is 1.66. The molecule has 0 fully saturated rings. The lowest BCUT2D eigenvalue weighted by atomic mass is 10.3. The highest BCUT2D eigenvalue weighted by Gasteiger charge is 2.14. The smallest absolute Gasteiger partial charge is 0.354 e. The fraction of sp³-hybridized carbons (Fsp3) is 0.0769. The molecule has 2 aromatic heterocycles. The van der Waals surface area contributed by atoms with E-state index < -0.39 is 5.97 Å². The molecule has 0 radical (unpaired) electrons. The number of fused-ring (bicyclic) bond motifs is 1. The molecule has 0 spiro atoms. The van der Waals surface area contributed by atoms with Gasteiger partial charge in [-0.1, -0.05) is 12.1 Å². The normalized spacial score (nSPS) is 10.8. The maximum atomic E-state index is 12.3. The molecule has 3 aromatic rings. The number of hydrogen-bond donors (Lipinski definition) is 1. The lowest BCUT2D eigenvalue weighted by Gasteiger charge is -2.01. The Morgan fingerprint density at radius 2 is 2.05 bits per heavy atom. The second kappa shape index (κ2) is 4.53. The van der Waals surface area contributed by atoms with E-state index in [4.69, 9.17) is 5.11 Å². The maximum absolute atomic E-state index is 12.3. The van der Waals surface area contributed by atoms with Gasteiger partial charge in [-0.25, -0.2) is 14.8 Å². The number of aromatic nitrogens is 3. The predicted octanol–water partition coefficient (Wildman–Crippen LogP) is 1.85. The lowest BCUT2D eigenvalue weighted by Crippen LogP contribution is -2.16. The average Bonchev–Trinajstić information content (AvgIpc) is 2.76. The molecule has 3 rings (SSSR count). The van der Waals surface area contributed by atoms with Gasteiger partial charge in [-0.2, -0.15) is 3.96 Å². The molecule has 0 aliphatic rings. The molecule has 0 bridgehead atoms. The Bertz CT molecular complexity index is 882. The first-order valence-corrected chi connectivity index (χ1v) is 6.54. The van der Waals surface area contributed by atoms with E-state index in [1.165, 1.54) is 21.6 Å². The van der Waals surface area contributed by atoms with Crippen LogP contribution in [-0.2, 0) is 0 Å². The monoisotopic (exact) mass is 287 g/mol. The zero-order valence-electron chi connectivity index (χ0n) is 10.4. The van der Waals surface area contributed by atoms with E-state index in [9.17, 15) is 9.59 Å². The zero-order valence-corrected chi connectivity index (χ0v) is 11.2. The minimum absolute atomic E-state index is 0.0913. The average molecular weight is 287 g/mol. The van der Waals surface area contributed by atoms with Crippen molar-refractivity contribution in [1.82, 2.24) is 13.9 Å². The van der Waals surface area contributed by atoms with Crippen molar-refractivity contribution >= 4 is 27.6 Å². The van der Waals surface area contributed by atoms with Crippen LogP contribution < -0.4 is 5.56 Å². The number of carboxylic acid groups (broad SMARTS) is 1. The summed E-state index contributed by atoms with van der Waals surface area (Å²) >= 11 is 1.19. The van der Waals surface area contributed by atoms with E-state index in [0.29, 0.717) is 11.1 Å². The number of aromatic carboxylic acids is 1.